The standard InChI is InChI=1S/C18H29NO3/c20-16(3-1-2-4-17(21)22)19-6-5-18-10-13-7-14(11-18)9-15(8-13)12-18/h13-15H,1-12H2,(H,19,20)(H,21,22). The van der Waals surface area contributed by atoms with Crippen LogP contribution >= 0.6 is 0 Å². The van der Waals surface area contributed by atoms with Gasteiger partial charge in [-0.25, -0.2) is 0 Å². The van der Waals surface area contributed by atoms with Crippen LogP contribution < -0.4 is 5.32 Å². The summed E-state index contributed by atoms with van der Waals surface area (Å²) in [6, 6.07) is 0. The van der Waals surface area contributed by atoms with Gasteiger partial charge in [-0.15, -0.1) is 0 Å². The smallest absolute Gasteiger partial charge is 0.303 e. The number of unbranched alkanes of at least 4 members (excludes halogenated alkanes) is 1. The molecular weight excluding hydrogens is 278 g/mol. The van der Waals surface area contributed by atoms with Crippen molar-refractivity contribution >= 4 is 11.9 Å². The van der Waals surface area contributed by atoms with E-state index < -0.39 is 5.97 Å². The molecule has 4 heteroatoms. The van der Waals surface area contributed by atoms with Gasteiger partial charge >= 0.3 is 5.97 Å². The van der Waals surface area contributed by atoms with Gasteiger partial charge < -0.3 is 10.4 Å². The summed E-state index contributed by atoms with van der Waals surface area (Å²) in [7, 11) is 0. The quantitative estimate of drug-likeness (QED) is 0.676. The van der Waals surface area contributed by atoms with E-state index in [1.807, 2.05) is 0 Å². The van der Waals surface area contributed by atoms with Crippen molar-refractivity contribution in [1.82, 2.24) is 5.32 Å². The van der Waals surface area contributed by atoms with Crippen LogP contribution in [0.15, 0.2) is 0 Å². The fourth-order valence-electron chi connectivity index (χ4n) is 5.71. The Labute approximate surface area is 133 Å². The average molecular weight is 307 g/mol. The second kappa shape index (κ2) is 6.59. The topological polar surface area (TPSA) is 66.4 Å². The maximum absolute atomic E-state index is 11.8. The van der Waals surface area contributed by atoms with Crippen molar-refractivity contribution in [3.8, 4) is 0 Å². The summed E-state index contributed by atoms with van der Waals surface area (Å²) in [6.45, 7) is 0.809. The summed E-state index contributed by atoms with van der Waals surface area (Å²) in [4.78, 5) is 22.2. The Kier molecular flexibility index (Phi) is 4.74. The number of carboxylic acids is 1. The Balaban J connectivity index is 1.35. The number of carbonyl (C=O) groups is 2. The molecule has 0 aromatic heterocycles. The molecule has 0 aromatic rings. The minimum absolute atomic E-state index is 0.0927. The third kappa shape index (κ3) is 3.82. The molecule has 0 aliphatic heterocycles. The SMILES string of the molecule is O=C(O)CCCCC(=O)NCCC12CC3CC(CC(C3)C1)C2. The lowest BCUT2D eigenvalue weighted by Crippen LogP contribution is -2.47. The van der Waals surface area contributed by atoms with Gasteiger partial charge in [-0.3, -0.25) is 9.59 Å². The van der Waals surface area contributed by atoms with Crippen molar-refractivity contribution < 1.29 is 14.7 Å². The van der Waals surface area contributed by atoms with Gasteiger partial charge in [-0.1, -0.05) is 0 Å². The Bertz CT molecular complexity index is 397. The normalized spacial score (nSPS) is 35.5. The molecule has 0 saturated heterocycles. The second-order valence-electron chi connectivity index (χ2n) is 8.12. The number of carboxylic acid groups (broad SMARTS) is 1. The average Bonchev–Trinajstić information content (AvgIpc) is 2.41. The number of aliphatic carboxylic acids is 1. The Hall–Kier alpha value is -1.06. The van der Waals surface area contributed by atoms with E-state index in [9.17, 15) is 9.59 Å². The predicted molar refractivity (Wildman–Crippen MR) is 84.3 cm³/mol. The molecule has 2 N–H and O–H groups in total. The van der Waals surface area contributed by atoms with Crippen LogP contribution in [-0.4, -0.2) is 23.5 Å². The summed E-state index contributed by atoms with van der Waals surface area (Å²) < 4.78 is 0. The zero-order chi connectivity index (χ0) is 15.6. The van der Waals surface area contributed by atoms with Crippen LogP contribution in [0.5, 0.6) is 0 Å². The van der Waals surface area contributed by atoms with E-state index in [4.69, 9.17) is 5.11 Å². The van der Waals surface area contributed by atoms with Crippen molar-refractivity contribution in [3.63, 3.8) is 0 Å². The largest absolute Gasteiger partial charge is 0.481 e. The molecule has 1 amide bonds. The Morgan fingerprint density at radius 1 is 0.955 bits per heavy atom. The Morgan fingerprint density at radius 3 is 2.05 bits per heavy atom. The highest BCUT2D eigenvalue weighted by molar-refractivity contribution is 5.75. The molecule has 0 radical (unpaired) electrons. The predicted octanol–water partition coefficient (Wildman–Crippen LogP) is 3.35. The van der Waals surface area contributed by atoms with Gasteiger partial charge in [0.15, 0.2) is 0 Å². The lowest BCUT2D eigenvalue weighted by Gasteiger charge is -2.57. The number of carbonyl (C=O) groups excluding carboxylic acids is 1. The third-order valence-corrected chi connectivity index (χ3v) is 6.19. The monoisotopic (exact) mass is 307 g/mol. The van der Waals surface area contributed by atoms with E-state index in [-0.39, 0.29) is 12.3 Å². The molecule has 4 nitrogen and oxygen atoms in total. The van der Waals surface area contributed by atoms with Crippen LogP contribution in [0, 0.1) is 23.2 Å². The van der Waals surface area contributed by atoms with Crippen LogP contribution in [0.25, 0.3) is 0 Å². The van der Waals surface area contributed by atoms with Crippen molar-refractivity contribution in [2.75, 3.05) is 6.54 Å². The van der Waals surface area contributed by atoms with Crippen molar-refractivity contribution in [1.29, 1.82) is 0 Å². The first-order chi connectivity index (χ1) is 10.5. The van der Waals surface area contributed by atoms with Crippen molar-refractivity contribution in [3.05, 3.63) is 0 Å². The molecular formula is C18H29NO3. The van der Waals surface area contributed by atoms with E-state index in [0.29, 0.717) is 24.7 Å². The van der Waals surface area contributed by atoms with Crippen LogP contribution in [0.3, 0.4) is 0 Å². The number of rotatable bonds is 8. The molecule has 4 saturated carbocycles. The minimum atomic E-state index is -0.776. The number of nitrogens with one attached hydrogen (secondary N) is 1. The van der Waals surface area contributed by atoms with Crippen molar-refractivity contribution in [2.45, 2.75) is 70.6 Å². The van der Waals surface area contributed by atoms with E-state index in [1.165, 1.54) is 38.5 Å². The molecule has 4 aliphatic carbocycles. The van der Waals surface area contributed by atoms with E-state index >= 15 is 0 Å². The number of amides is 1. The van der Waals surface area contributed by atoms with E-state index in [2.05, 4.69) is 5.32 Å². The fourth-order valence-corrected chi connectivity index (χ4v) is 5.71. The molecule has 0 heterocycles. The summed E-state index contributed by atoms with van der Waals surface area (Å²) in [5, 5.41) is 11.6. The Morgan fingerprint density at radius 2 is 1.50 bits per heavy atom. The molecule has 4 aliphatic rings. The zero-order valence-corrected chi connectivity index (χ0v) is 13.5. The second-order valence-corrected chi connectivity index (χ2v) is 8.12. The maximum atomic E-state index is 11.8. The summed E-state index contributed by atoms with van der Waals surface area (Å²) in [5.74, 6) is 2.23. The summed E-state index contributed by atoms with van der Waals surface area (Å²) in [5.41, 5.74) is 0.533. The van der Waals surface area contributed by atoms with Crippen LogP contribution in [0.2, 0.25) is 0 Å². The van der Waals surface area contributed by atoms with Gasteiger partial charge in [0, 0.05) is 19.4 Å². The van der Waals surface area contributed by atoms with Gasteiger partial charge in [0.2, 0.25) is 5.91 Å². The highest BCUT2D eigenvalue weighted by Gasteiger charge is 2.50. The van der Waals surface area contributed by atoms with Gasteiger partial charge in [-0.2, -0.15) is 0 Å². The van der Waals surface area contributed by atoms with Gasteiger partial charge in [0.25, 0.3) is 0 Å². The first kappa shape index (κ1) is 15.8. The molecule has 0 unspecified atom stereocenters. The molecule has 22 heavy (non-hydrogen) atoms. The first-order valence-corrected chi connectivity index (χ1v) is 9.03. The molecule has 0 spiro atoms. The maximum Gasteiger partial charge on any atom is 0.303 e. The fraction of sp³-hybridized carbons (Fsp3) is 0.889. The van der Waals surface area contributed by atoms with Gasteiger partial charge in [0.1, 0.15) is 0 Å². The molecule has 4 bridgehead atoms. The van der Waals surface area contributed by atoms with E-state index in [1.54, 1.807) is 0 Å². The highest BCUT2D eigenvalue weighted by Crippen LogP contribution is 2.61. The third-order valence-electron chi connectivity index (χ3n) is 6.19. The van der Waals surface area contributed by atoms with Crippen molar-refractivity contribution in [2.24, 2.45) is 23.2 Å². The molecule has 0 atom stereocenters. The molecule has 4 rings (SSSR count). The van der Waals surface area contributed by atoms with Gasteiger partial charge in [0.05, 0.1) is 0 Å². The van der Waals surface area contributed by atoms with Crippen LogP contribution in [0.1, 0.15) is 70.6 Å². The highest BCUT2D eigenvalue weighted by atomic mass is 16.4. The number of hydrogen-bond donors (Lipinski definition) is 2. The van der Waals surface area contributed by atoms with E-state index in [0.717, 1.165) is 30.7 Å². The lowest BCUT2D eigenvalue weighted by atomic mass is 9.49. The minimum Gasteiger partial charge on any atom is -0.481 e. The zero-order valence-electron chi connectivity index (χ0n) is 13.5. The molecule has 4 fully saturated rings. The lowest BCUT2D eigenvalue weighted by molar-refractivity contribution is -0.137. The summed E-state index contributed by atoms with van der Waals surface area (Å²) in [6.07, 6.45) is 11.6. The van der Waals surface area contributed by atoms with Gasteiger partial charge in [-0.05, 0) is 81.0 Å². The molecule has 124 valence electrons. The number of hydrogen-bond acceptors (Lipinski definition) is 2. The molecule has 0 aromatic carbocycles. The van der Waals surface area contributed by atoms with Crippen LogP contribution in [-0.2, 0) is 9.59 Å². The van der Waals surface area contributed by atoms with Crippen LogP contribution in [0.4, 0.5) is 0 Å². The first-order valence-electron chi connectivity index (χ1n) is 9.03. The summed E-state index contributed by atoms with van der Waals surface area (Å²) >= 11 is 0.